The molecule has 0 radical (unpaired) electrons. The first-order chi connectivity index (χ1) is 17.9. The fourth-order valence-electron chi connectivity index (χ4n) is 4.85. The van der Waals surface area contributed by atoms with Gasteiger partial charge in [0.05, 0.1) is 25.3 Å². The maximum atomic E-state index is 13.9. The van der Waals surface area contributed by atoms with Crippen molar-refractivity contribution < 1.29 is 28.7 Å². The number of hydrogen-bond acceptors (Lipinski definition) is 6. The number of nitrogens with zero attached hydrogens (tertiary/aromatic N) is 2. The highest BCUT2D eigenvalue weighted by Crippen LogP contribution is 2.37. The Morgan fingerprint density at radius 2 is 1.14 bits per heavy atom. The van der Waals surface area contributed by atoms with E-state index in [4.69, 9.17) is 9.47 Å². The molecule has 2 aliphatic heterocycles. The summed E-state index contributed by atoms with van der Waals surface area (Å²) < 4.78 is 10.5. The van der Waals surface area contributed by atoms with Crippen molar-refractivity contribution in [2.75, 3.05) is 27.3 Å². The number of methoxy groups -OCH3 is 2. The number of imide groups is 2. The van der Waals surface area contributed by atoms with E-state index < -0.39 is 17.5 Å². The number of benzene rings is 3. The van der Waals surface area contributed by atoms with Gasteiger partial charge in [-0.05, 0) is 53.9 Å². The number of amides is 5. The van der Waals surface area contributed by atoms with Crippen LogP contribution in [0.4, 0.5) is 4.79 Å². The van der Waals surface area contributed by atoms with E-state index in [1.54, 1.807) is 87.0 Å². The second-order valence-electron chi connectivity index (χ2n) is 8.76. The van der Waals surface area contributed by atoms with Gasteiger partial charge in [-0.25, -0.2) is 4.79 Å². The summed E-state index contributed by atoms with van der Waals surface area (Å²) in [5.41, 5.74) is 0.408. The fraction of sp³-hybridized carbons (Fsp3) is 0.214. The largest absolute Gasteiger partial charge is 0.497 e. The summed E-state index contributed by atoms with van der Waals surface area (Å²) in [6, 6.07) is 20.0. The third kappa shape index (κ3) is 3.88. The lowest BCUT2D eigenvalue weighted by molar-refractivity contribution is -0.130. The van der Waals surface area contributed by atoms with E-state index in [1.165, 1.54) is 0 Å². The van der Waals surface area contributed by atoms with E-state index in [0.717, 1.165) is 9.80 Å². The van der Waals surface area contributed by atoms with Gasteiger partial charge in [0.1, 0.15) is 11.5 Å². The molecular formula is C28H25N3O6. The standard InChI is InChI=1S/C28H25N3O6/c1-36-20-12-8-18(9-13-20)28(19-10-14-21(37-2)15-11-19)26(34)31(27(35)29-28)17-5-16-30-24(32)22-6-3-4-7-23(22)25(30)33/h3-4,6-15H,5,16-17H2,1-2H3,(H,29,35). The molecule has 0 bridgehead atoms. The van der Waals surface area contributed by atoms with Crippen LogP contribution >= 0.6 is 0 Å². The SMILES string of the molecule is COc1ccc(C2(c3ccc(OC)cc3)NC(=O)N(CCCN3C(=O)c4ccccc4C3=O)C2=O)cc1. The van der Waals surface area contributed by atoms with Gasteiger partial charge in [0.2, 0.25) is 0 Å². The predicted octanol–water partition coefficient (Wildman–Crippen LogP) is 3.19. The summed E-state index contributed by atoms with van der Waals surface area (Å²) in [5, 5.41) is 2.89. The molecule has 0 atom stereocenters. The molecule has 2 heterocycles. The number of rotatable bonds is 8. The van der Waals surface area contributed by atoms with Crippen LogP contribution in [0.15, 0.2) is 72.8 Å². The van der Waals surface area contributed by atoms with Gasteiger partial charge in [-0.1, -0.05) is 36.4 Å². The monoisotopic (exact) mass is 499 g/mol. The number of carbonyl (C=O) groups excluding carboxylic acids is 4. The smallest absolute Gasteiger partial charge is 0.325 e. The van der Waals surface area contributed by atoms with Crippen molar-refractivity contribution in [3.63, 3.8) is 0 Å². The Balaban J connectivity index is 1.39. The maximum absolute atomic E-state index is 13.9. The van der Waals surface area contributed by atoms with Crippen molar-refractivity contribution >= 4 is 23.8 Å². The third-order valence-electron chi connectivity index (χ3n) is 6.79. The second kappa shape index (κ2) is 9.42. The molecule has 37 heavy (non-hydrogen) atoms. The van der Waals surface area contributed by atoms with Gasteiger partial charge < -0.3 is 14.8 Å². The lowest BCUT2D eigenvalue weighted by atomic mass is 9.82. The van der Waals surface area contributed by atoms with Crippen molar-refractivity contribution in [3.8, 4) is 11.5 Å². The van der Waals surface area contributed by atoms with Crippen molar-refractivity contribution in [1.82, 2.24) is 15.1 Å². The minimum absolute atomic E-state index is 0.0339. The zero-order valence-corrected chi connectivity index (χ0v) is 20.4. The normalized spacial score (nSPS) is 16.2. The second-order valence-corrected chi connectivity index (χ2v) is 8.76. The Labute approximate surface area is 213 Å². The Hall–Kier alpha value is -4.66. The molecule has 0 aliphatic carbocycles. The van der Waals surface area contributed by atoms with E-state index in [2.05, 4.69) is 5.32 Å². The maximum Gasteiger partial charge on any atom is 0.325 e. The van der Waals surface area contributed by atoms with Crippen molar-refractivity contribution in [2.24, 2.45) is 0 Å². The molecule has 5 rings (SSSR count). The van der Waals surface area contributed by atoms with Crippen molar-refractivity contribution in [3.05, 3.63) is 95.1 Å². The molecule has 1 saturated heterocycles. The highest BCUT2D eigenvalue weighted by Gasteiger charge is 2.53. The molecule has 3 aromatic rings. The van der Waals surface area contributed by atoms with E-state index in [0.29, 0.717) is 33.8 Å². The van der Waals surface area contributed by atoms with Gasteiger partial charge in [-0.3, -0.25) is 24.2 Å². The fourth-order valence-corrected chi connectivity index (χ4v) is 4.85. The van der Waals surface area contributed by atoms with Crippen LogP contribution in [-0.2, 0) is 10.3 Å². The molecule has 0 saturated carbocycles. The van der Waals surface area contributed by atoms with Crippen LogP contribution < -0.4 is 14.8 Å². The molecule has 2 aliphatic rings. The average molecular weight is 500 g/mol. The first-order valence-corrected chi connectivity index (χ1v) is 11.8. The molecular weight excluding hydrogens is 474 g/mol. The quantitative estimate of drug-likeness (QED) is 0.377. The number of carbonyl (C=O) groups is 4. The Bertz CT molecular complexity index is 1300. The number of nitrogens with one attached hydrogen (secondary N) is 1. The van der Waals surface area contributed by atoms with E-state index >= 15 is 0 Å². The predicted molar refractivity (Wildman–Crippen MR) is 133 cm³/mol. The van der Waals surface area contributed by atoms with Gasteiger partial charge in [-0.2, -0.15) is 0 Å². The molecule has 5 amide bonds. The molecule has 0 spiro atoms. The van der Waals surface area contributed by atoms with Gasteiger partial charge in [0.25, 0.3) is 17.7 Å². The lowest BCUT2D eigenvalue weighted by Gasteiger charge is -2.28. The summed E-state index contributed by atoms with van der Waals surface area (Å²) in [7, 11) is 3.10. The summed E-state index contributed by atoms with van der Waals surface area (Å²) in [4.78, 5) is 54.7. The Morgan fingerprint density at radius 1 is 0.676 bits per heavy atom. The molecule has 1 fully saturated rings. The molecule has 9 heteroatoms. The first kappa shape index (κ1) is 24.1. The molecule has 1 N–H and O–H groups in total. The van der Waals surface area contributed by atoms with Crippen LogP contribution in [0.1, 0.15) is 38.3 Å². The summed E-state index contributed by atoms with van der Waals surface area (Å²) in [6.45, 7) is 0.119. The van der Waals surface area contributed by atoms with Crippen LogP contribution in [0, 0.1) is 0 Å². The van der Waals surface area contributed by atoms with E-state index in [1.807, 2.05) is 0 Å². The van der Waals surface area contributed by atoms with E-state index in [9.17, 15) is 19.2 Å². The number of hydrogen-bond donors (Lipinski definition) is 1. The van der Waals surface area contributed by atoms with E-state index in [-0.39, 0.29) is 31.3 Å². The van der Waals surface area contributed by atoms with Gasteiger partial charge in [-0.15, -0.1) is 0 Å². The van der Waals surface area contributed by atoms with Gasteiger partial charge >= 0.3 is 6.03 Å². The van der Waals surface area contributed by atoms with Gasteiger partial charge in [0, 0.05) is 13.1 Å². The number of urea groups is 1. The zero-order valence-electron chi connectivity index (χ0n) is 20.4. The lowest BCUT2D eigenvalue weighted by Crippen LogP contribution is -2.45. The third-order valence-corrected chi connectivity index (χ3v) is 6.79. The summed E-state index contributed by atoms with van der Waals surface area (Å²) in [6.07, 6.45) is 0.242. The van der Waals surface area contributed by atoms with Crippen LogP contribution in [0.5, 0.6) is 11.5 Å². The molecule has 0 aromatic heterocycles. The van der Waals surface area contributed by atoms with Crippen molar-refractivity contribution in [2.45, 2.75) is 12.0 Å². The minimum Gasteiger partial charge on any atom is -0.497 e. The van der Waals surface area contributed by atoms with Crippen LogP contribution in [-0.4, -0.2) is 60.9 Å². The Kier molecular flexibility index (Phi) is 6.12. The van der Waals surface area contributed by atoms with Gasteiger partial charge in [0.15, 0.2) is 5.54 Å². The average Bonchev–Trinajstić information content (AvgIpc) is 3.34. The van der Waals surface area contributed by atoms with Crippen LogP contribution in [0.2, 0.25) is 0 Å². The first-order valence-electron chi connectivity index (χ1n) is 11.8. The zero-order chi connectivity index (χ0) is 26.2. The molecule has 188 valence electrons. The number of fused-ring (bicyclic) bond motifs is 1. The van der Waals surface area contributed by atoms with Crippen LogP contribution in [0.25, 0.3) is 0 Å². The molecule has 9 nitrogen and oxygen atoms in total. The van der Waals surface area contributed by atoms with Crippen LogP contribution in [0.3, 0.4) is 0 Å². The Morgan fingerprint density at radius 3 is 1.59 bits per heavy atom. The molecule has 3 aromatic carbocycles. The van der Waals surface area contributed by atoms with Crippen molar-refractivity contribution in [1.29, 1.82) is 0 Å². The molecule has 0 unspecified atom stereocenters. The highest BCUT2D eigenvalue weighted by atomic mass is 16.5. The summed E-state index contributed by atoms with van der Waals surface area (Å²) >= 11 is 0. The highest BCUT2D eigenvalue weighted by molar-refractivity contribution is 6.21. The topological polar surface area (TPSA) is 105 Å². The number of ether oxygens (including phenoxy) is 2. The minimum atomic E-state index is -1.45. The summed E-state index contributed by atoms with van der Waals surface area (Å²) in [5.74, 6) is 0.0360.